The number of nitrogens with zero attached hydrogens (tertiary/aromatic N) is 1. The normalized spacial score (nSPS) is 12.4. The molecule has 0 saturated carbocycles. The molecule has 5 nitrogen and oxygen atoms in total. The molecule has 156 valence electrons. The SMILES string of the molecule is COc1ccccc1N/N=C(\C(C)C)[C@@H](Nc1ccccc1OC)c1ccccc1. The molecule has 0 aliphatic heterocycles. The van der Waals surface area contributed by atoms with Crippen LogP contribution in [0.25, 0.3) is 0 Å². The summed E-state index contributed by atoms with van der Waals surface area (Å²) in [5, 5.41) is 8.45. The molecule has 0 aliphatic rings. The highest BCUT2D eigenvalue weighted by Gasteiger charge is 2.22. The number of anilines is 2. The number of benzene rings is 3. The van der Waals surface area contributed by atoms with Crippen molar-refractivity contribution in [2.24, 2.45) is 11.0 Å². The molecule has 0 amide bonds. The molecule has 0 heterocycles. The summed E-state index contributed by atoms with van der Waals surface area (Å²) >= 11 is 0. The molecule has 1 atom stereocenters. The Hall–Kier alpha value is -3.47. The molecular weight excluding hydrogens is 374 g/mol. The fourth-order valence-electron chi connectivity index (χ4n) is 3.28. The second-order valence-electron chi connectivity index (χ2n) is 7.19. The molecule has 3 rings (SSSR count). The molecule has 0 bridgehead atoms. The van der Waals surface area contributed by atoms with Gasteiger partial charge in [0.15, 0.2) is 0 Å². The van der Waals surface area contributed by atoms with Crippen molar-refractivity contribution in [1.29, 1.82) is 0 Å². The molecule has 0 fully saturated rings. The Morgan fingerprint density at radius 2 is 1.27 bits per heavy atom. The number of hydrogen-bond acceptors (Lipinski definition) is 5. The van der Waals surface area contributed by atoms with Crippen molar-refractivity contribution in [2.75, 3.05) is 25.0 Å². The summed E-state index contributed by atoms with van der Waals surface area (Å²) in [6.45, 7) is 4.28. The van der Waals surface area contributed by atoms with Gasteiger partial charge in [-0.1, -0.05) is 68.4 Å². The van der Waals surface area contributed by atoms with Crippen molar-refractivity contribution in [2.45, 2.75) is 19.9 Å². The lowest BCUT2D eigenvalue weighted by Crippen LogP contribution is -2.26. The molecule has 0 unspecified atom stereocenters. The van der Waals surface area contributed by atoms with Crippen molar-refractivity contribution in [3.8, 4) is 11.5 Å². The fraction of sp³-hybridized carbons (Fsp3) is 0.240. The molecule has 0 radical (unpaired) electrons. The van der Waals surface area contributed by atoms with Gasteiger partial charge in [0, 0.05) is 0 Å². The third kappa shape index (κ3) is 5.11. The van der Waals surface area contributed by atoms with E-state index in [-0.39, 0.29) is 12.0 Å². The maximum Gasteiger partial charge on any atom is 0.143 e. The number of ether oxygens (including phenoxy) is 2. The summed E-state index contributed by atoms with van der Waals surface area (Å²) in [5.41, 5.74) is 7.03. The number of rotatable bonds is 9. The van der Waals surface area contributed by atoms with E-state index in [1.807, 2.05) is 66.7 Å². The summed E-state index contributed by atoms with van der Waals surface area (Å²) in [7, 11) is 3.34. The van der Waals surface area contributed by atoms with E-state index in [1.165, 1.54) is 0 Å². The lowest BCUT2D eigenvalue weighted by atomic mass is 9.94. The molecule has 0 aromatic heterocycles. The predicted molar refractivity (Wildman–Crippen MR) is 125 cm³/mol. The third-order valence-electron chi connectivity index (χ3n) is 4.84. The van der Waals surface area contributed by atoms with Crippen LogP contribution in [0.1, 0.15) is 25.5 Å². The van der Waals surface area contributed by atoms with Crippen molar-refractivity contribution in [3.05, 3.63) is 84.4 Å². The van der Waals surface area contributed by atoms with Crippen molar-refractivity contribution >= 4 is 17.1 Å². The zero-order valence-electron chi connectivity index (χ0n) is 17.9. The second-order valence-corrected chi connectivity index (χ2v) is 7.19. The number of nitrogens with one attached hydrogen (secondary N) is 2. The Bertz CT molecular complexity index is 971. The highest BCUT2D eigenvalue weighted by atomic mass is 16.5. The minimum atomic E-state index is -0.135. The van der Waals surface area contributed by atoms with Crippen molar-refractivity contribution < 1.29 is 9.47 Å². The van der Waals surface area contributed by atoms with E-state index in [0.717, 1.165) is 34.1 Å². The van der Waals surface area contributed by atoms with Gasteiger partial charge in [-0.25, -0.2) is 0 Å². The van der Waals surface area contributed by atoms with Crippen LogP contribution in [0.5, 0.6) is 11.5 Å². The van der Waals surface area contributed by atoms with Crippen LogP contribution in [-0.4, -0.2) is 19.9 Å². The Morgan fingerprint density at radius 1 is 0.733 bits per heavy atom. The predicted octanol–water partition coefficient (Wildman–Crippen LogP) is 5.98. The number of hydrogen-bond donors (Lipinski definition) is 2. The van der Waals surface area contributed by atoms with Crippen LogP contribution in [0.3, 0.4) is 0 Å². The molecule has 30 heavy (non-hydrogen) atoms. The minimum Gasteiger partial charge on any atom is -0.495 e. The summed E-state index contributed by atoms with van der Waals surface area (Å²) in [6.07, 6.45) is 0. The van der Waals surface area contributed by atoms with E-state index < -0.39 is 0 Å². The van der Waals surface area contributed by atoms with E-state index >= 15 is 0 Å². The molecule has 5 heteroatoms. The van der Waals surface area contributed by atoms with Gasteiger partial charge >= 0.3 is 0 Å². The van der Waals surface area contributed by atoms with E-state index in [0.29, 0.717) is 0 Å². The van der Waals surface area contributed by atoms with Crippen LogP contribution in [0.4, 0.5) is 11.4 Å². The molecule has 0 spiro atoms. The molecule has 0 saturated heterocycles. The lowest BCUT2D eigenvalue weighted by Gasteiger charge is -2.26. The Labute approximate surface area is 178 Å². The zero-order chi connectivity index (χ0) is 21.3. The van der Waals surface area contributed by atoms with E-state index in [2.05, 4.69) is 36.7 Å². The maximum atomic E-state index is 5.55. The average Bonchev–Trinajstić information content (AvgIpc) is 2.79. The standard InChI is InChI=1S/C25H29N3O2/c1-18(2)24(28-27-21-15-9-11-17-23(21)30-4)25(19-12-6-5-7-13-19)26-20-14-8-10-16-22(20)29-3/h5-18,25-27H,1-4H3/b28-24+/t25-/m0/s1. The van der Waals surface area contributed by atoms with Gasteiger partial charge in [0.2, 0.25) is 0 Å². The fourth-order valence-corrected chi connectivity index (χ4v) is 3.28. The van der Waals surface area contributed by atoms with E-state index in [9.17, 15) is 0 Å². The monoisotopic (exact) mass is 403 g/mol. The van der Waals surface area contributed by atoms with Crippen LogP contribution in [0.2, 0.25) is 0 Å². The quantitative estimate of drug-likeness (QED) is 0.341. The van der Waals surface area contributed by atoms with E-state index in [4.69, 9.17) is 14.6 Å². The van der Waals surface area contributed by atoms with Crippen LogP contribution >= 0.6 is 0 Å². The maximum absolute atomic E-state index is 5.55. The Morgan fingerprint density at radius 3 is 1.87 bits per heavy atom. The van der Waals surface area contributed by atoms with Crippen molar-refractivity contribution in [3.63, 3.8) is 0 Å². The van der Waals surface area contributed by atoms with Gasteiger partial charge in [0.05, 0.1) is 37.3 Å². The molecule has 3 aromatic carbocycles. The summed E-state index contributed by atoms with van der Waals surface area (Å²) < 4.78 is 11.0. The Balaban J connectivity index is 2.00. The first-order chi connectivity index (χ1) is 14.6. The van der Waals surface area contributed by atoms with Gasteiger partial charge in [-0.2, -0.15) is 5.10 Å². The highest BCUT2D eigenvalue weighted by molar-refractivity contribution is 5.95. The largest absolute Gasteiger partial charge is 0.495 e. The van der Waals surface area contributed by atoms with Crippen LogP contribution in [0.15, 0.2) is 84.0 Å². The first-order valence-electron chi connectivity index (χ1n) is 10.0. The Kier molecular flexibility index (Phi) is 7.33. The third-order valence-corrected chi connectivity index (χ3v) is 4.84. The minimum absolute atomic E-state index is 0.135. The lowest BCUT2D eigenvalue weighted by molar-refractivity contribution is 0.416. The molecule has 2 N–H and O–H groups in total. The van der Waals surface area contributed by atoms with Gasteiger partial charge in [-0.3, -0.25) is 5.43 Å². The summed E-state index contributed by atoms with van der Waals surface area (Å²) in [4.78, 5) is 0. The zero-order valence-corrected chi connectivity index (χ0v) is 17.9. The van der Waals surface area contributed by atoms with Gasteiger partial charge < -0.3 is 14.8 Å². The highest BCUT2D eigenvalue weighted by Crippen LogP contribution is 2.31. The van der Waals surface area contributed by atoms with Crippen LogP contribution in [0, 0.1) is 5.92 Å². The number of methoxy groups -OCH3 is 2. The van der Waals surface area contributed by atoms with Gasteiger partial charge in [0.25, 0.3) is 0 Å². The van der Waals surface area contributed by atoms with E-state index in [1.54, 1.807) is 14.2 Å². The first-order valence-corrected chi connectivity index (χ1v) is 10.0. The topological polar surface area (TPSA) is 54.9 Å². The van der Waals surface area contributed by atoms with Gasteiger partial charge in [-0.15, -0.1) is 0 Å². The van der Waals surface area contributed by atoms with Crippen molar-refractivity contribution in [1.82, 2.24) is 0 Å². The van der Waals surface area contributed by atoms with Gasteiger partial charge in [-0.05, 0) is 35.7 Å². The van der Waals surface area contributed by atoms with Crippen LogP contribution < -0.4 is 20.2 Å². The molecule has 3 aromatic rings. The number of para-hydroxylation sites is 4. The average molecular weight is 404 g/mol. The summed E-state index contributed by atoms with van der Waals surface area (Å²) in [6, 6.07) is 25.8. The van der Waals surface area contributed by atoms with Crippen LogP contribution in [-0.2, 0) is 0 Å². The molecular formula is C25H29N3O2. The molecule has 0 aliphatic carbocycles. The second kappa shape index (κ2) is 10.3. The smallest absolute Gasteiger partial charge is 0.143 e. The van der Waals surface area contributed by atoms with Gasteiger partial charge in [0.1, 0.15) is 11.5 Å². The number of hydrazone groups is 1. The summed E-state index contributed by atoms with van der Waals surface area (Å²) in [5.74, 6) is 1.73. The first kappa shape index (κ1) is 21.2.